The summed E-state index contributed by atoms with van der Waals surface area (Å²) < 4.78 is 4.74. The Balaban J connectivity index is 2.99. The lowest BCUT2D eigenvalue weighted by atomic mass is 10.1. The summed E-state index contributed by atoms with van der Waals surface area (Å²) in [5.74, 6) is -0.466. The van der Waals surface area contributed by atoms with Crippen molar-refractivity contribution in [3.63, 3.8) is 0 Å². The van der Waals surface area contributed by atoms with Gasteiger partial charge in [0.25, 0.3) is 0 Å². The highest BCUT2D eigenvalue weighted by molar-refractivity contribution is 6.44. The number of aliphatic imine (C=N–C) groups is 1. The van der Waals surface area contributed by atoms with E-state index in [0.717, 1.165) is 6.54 Å². The van der Waals surface area contributed by atoms with E-state index in [0.29, 0.717) is 17.8 Å². The first kappa shape index (κ1) is 14.2. The molecule has 1 aromatic carbocycles. The van der Waals surface area contributed by atoms with Crippen molar-refractivity contribution in [2.24, 2.45) is 4.99 Å². The van der Waals surface area contributed by atoms with Crippen LogP contribution in [0.15, 0.2) is 29.3 Å². The van der Waals surface area contributed by atoms with Gasteiger partial charge in [-0.15, -0.1) is 0 Å². The molecule has 0 radical (unpaired) electrons. The summed E-state index contributed by atoms with van der Waals surface area (Å²) in [5, 5.41) is 0. The number of carbonyl (C=O) groups excluding carboxylic acids is 1. The number of hydrogen-bond acceptors (Lipinski definition) is 5. The van der Waals surface area contributed by atoms with Crippen LogP contribution in [0.3, 0.4) is 0 Å². The van der Waals surface area contributed by atoms with Crippen LogP contribution in [0.2, 0.25) is 0 Å². The summed E-state index contributed by atoms with van der Waals surface area (Å²) in [7, 11) is 5.23. The first-order valence-electron chi connectivity index (χ1n) is 5.68. The molecule has 0 bridgehead atoms. The second-order valence-corrected chi connectivity index (χ2v) is 4.11. The summed E-state index contributed by atoms with van der Waals surface area (Å²) in [6, 6.07) is 7.13. The van der Waals surface area contributed by atoms with Crippen LogP contribution < -0.4 is 5.73 Å². The van der Waals surface area contributed by atoms with Crippen LogP contribution in [0, 0.1) is 0 Å². The third-order valence-electron chi connectivity index (χ3n) is 2.41. The van der Waals surface area contributed by atoms with Crippen LogP contribution >= 0.6 is 0 Å². The summed E-state index contributed by atoms with van der Waals surface area (Å²) in [6.45, 7) is 1.28. The third-order valence-corrected chi connectivity index (χ3v) is 2.41. The molecule has 0 saturated carbocycles. The number of para-hydroxylation sites is 1. The van der Waals surface area contributed by atoms with Gasteiger partial charge in [-0.2, -0.15) is 0 Å². The molecule has 98 valence electrons. The molecule has 0 aliphatic rings. The van der Waals surface area contributed by atoms with Crippen LogP contribution in [0.5, 0.6) is 0 Å². The first-order chi connectivity index (χ1) is 8.56. The van der Waals surface area contributed by atoms with Gasteiger partial charge in [0.15, 0.2) is 5.71 Å². The molecule has 0 aromatic heterocycles. The number of nitrogen functional groups attached to an aromatic ring is 1. The van der Waals surface area contributed by atoms with Crippen LogP contribution in [0.4, 0.5) is 5.69 Å². The van der Waals surface area contributed by atoms with Crippen LogP contribution in [-0.2, 0) is 9.53 Å². The summed E-state index contributed by atoms with van der Waals surface area (Å²) >= 11 is 0. The quantitative estimate of drug-likeness (QED) is 0.476. The maximum atomic E-state index is 11.7. The van der Waals surface area contributed by atoms with Crippen LogP contribution in [0.1, 0.15) is 5.56 Å². The average Bonchev–Trinajstić information content (AvgIpc) is 2.35. The number of likely N-dealkylation sites (N-methyl/N-ethyl adjacent to an activating group) is 1. The summed E-state index contributed by atoms with van der Waals surface area (Å²) in [5.41, 5.74) is 7.26. The molecule has 1 rings (SSSR count). The van der Waals surface area contributed by atoms with Crippen molar-refractivity contribution < 1.29 is 9.53 Å². The predicted octanol–water partition coefficient (Wildman–Crippen LogP) is 0.792. The molecule has 5 heteroatoms. The third kappa shape index (κ3) is 3.85. The van der Waals surface area contributed by atoms with Crippen molar-refractivity contribution in [1.82, 2.24) is 4.90 Å². The molecule has 0 heterocycles. The fraction of sp³-hybridized carbons (Fsp3) is 0.385. The highest BCUT2D eigenvalue weighted by atomic mass is 16.5. The second-order valence-electron chi connectivity index (χ2n) is 4.11. The lowest BCUT2D eigenvalue weighted by molar-refractivity contribution is -0.132. The standard InChI is InChI=1S/C13H19N3O2/c1-16(2)9-8-15-12(13(17)18-3)10-6-4-5-7-11(10)14/h4-7H,8-9,14H2,1-3H3. The number of nitrogens with zero attached hydrogens (tertiary/aromatic N) is 2. The van der Waals surface area contributed by atoms with Gasteiger partial charge in [0.05, 0.1) is 13.7 Å². The van der Waals surface area contributed by atoms with Gasteiger partial charge in [-0.3, -0.25) is 4.99 Å². The van der Waals surface area contributed by atoms with Crippen molar-refractivity contribution in [1.29, 1.82) is 0 Å². The summed E-state index contributed by atoms with van der Waals surface area (Å²) in [6.07, 6.45) is 0. The number of hydrogen-bond donors (Lipinski definition) is 1. The number of rotatable bonds is 5. The zero-order chi connectivity index (χ0) is 13.5. The lowest BCUT2D eigenvalue weighted by Gasteiger charge is -2.10. The van der Waals surface area contributed by atoms with Gasteiger partial charge in [-0.1, -0.05) is 18.2 Å². The van der Waals surface area contributed by atoms with Crippen molar-refractivity contribution in [3.8, 4) is 0 Å². The maximum Gasteiger partial charge on any atom is 0.356 e. The Morgan fingerprint density at radius 2 is 2.06 bits per heavy atom. The second kappa shape index (κ2) is 6.76. The molecule has 0 amide bonds. The first-order valence-corrected chi connectivity index (χ1v) is 5.68. The Kier molecular flexibility index (Phi) is 5.32. The fourth-order valence-corrected chi connectivity index (χ4v) is 1.43. The van der Waals surface area contributed by atoms with Crippen LogP contribution in [-0.4, -0.2) is 50.9 Å². The molecular formula is C13H19N3O2. The van der Waals surface area contributed by atoms with E-state index in [1.165, 1.54) is 7.11 Å². The maximum absolute atomic E-state index is 11.7. The Bertz CT molecular complexity index is 442. The molecule has 0 aliphatic carbocycles. The zero-order valence-corrected chi connectivity index (χ0v) is 11.0. The molecular weight excluding hydrogens is 230 g/mol. The molecule has 0 saturated heterocycles. The van der Waals surface area contributed by atoms with Gasteiger partial charge in [-0.05, 0) is 20.2 Å². The van der Waals surface area contributed by atoms with E-state index >= 15 is 0 Å². The van der Waals surface area contributed by atoms with E-state index in [1.54, 1.807) is 12.1 Å². The van der Waals surface area contributed by atoms with Crippen molar-refractivity contribution in [2.45, 2.75) is 0 Å². The van der Waals surface area contributed by atoms with E-state index in [2.05, 4.69) is 4.99 Å². The van der Waals surface area contributed by atoms with Crippen molar-refractivity contribution in [2.75, 3.05) is 40.0 Å². The number of methoxy groups -OCH3 is 1. The molecule has 18 heavy (non-hydrogen) atoms. The van der Waals surface area contributed by atoms with Crippen molar-refractivity contribution in [3.05, 3.63) is 29.8 Å². The van der Waals surface area contributed by atoms with Crippen LogP contribution in [0.25, 0.3) is 0 Å². The number of nitrogens with two attached hydrogens (primary N) is 1. The molecule has 0 aliphatic heterocycles. The van der Waals surface area contributed by atoms with E-state index in [-0.39, 0.29) is 5.71 Å². The van der Waals surface area contributed by atoms with Gasteiger partial charge in [0.1, 0.15) is 0 Å². The zero-order valence-electron chi connectivity index (χ0n) is 11.0. The Morgan fingerprint density at radius 3 is 2.61 bits per heavy atom. The predicted molar refractivity (Wildman–Crippen MR) is 72.8 cm³/mol. The topological polar surface area (TPSA) is 67.9 Å². The summed E-state index contributed by atoms with van der Waals surface area (Å²) in [4.78, 5) is 18.0. The minimum absolute atomic E-state index is 0.275. The van der Waals surface area contributed by atoms with E-state index in [9.17, 15) is 4.79 Å². The van der Waals surface area contributed by atoms with Gasteiger partial charge in [-0.25, -0.2) is 4.79 Å². The molecule has 0 spiro atoms. The lowest BCUT2D eigenvalue weighted by Crippen LogP contribution is -2.22. The number of ether oxygens (including phenoxy) is 1. The van der Waals surface area contributed by atoms with Crippen molar-refractivity contribution >= 4 is 17.4 Å². The largest absolute Gasteiger partial charge is 0.464 e. The van der Waals surface area contributed by atoms with Gasteiger partial charge in [0, 0.05) is 17.8 Å². The number of carbonyl (C=O) groups is 1. The van der Waals surface area contributed by atoms with Gasteiger partial charge >= 0.3 is 5.97 Å². The average molecular weight is 249 g/mol. The number of esters is 1. The van der Waals surface area contributed by atoms with Gasteiger partial charge in [0.2, 0.25) is 0 Å². The van der Waals surface area contributed by atoms with E-state index < -0.39 is 5.97 Å². The monoisotopic (exact) mass is 249 g/mol. The normalized spacial score (nSPS) is 11.7. The van der Waals surface area contributed by atoms with E-state index in [4.69, 9.17) is 10.5 Å². The van der Waals surface area contributed by atoms with Gasteiger partial charge < -0.3 is 15.4 Å². The number of anilines is 1. The molecule has 0 atom stereocenters. The Hall–Kier alpha value is -1.88. The molecule has 0 unspecified atom stereocenters. The van der Waals surface area contributed by atoms with E-state index in [1.807, 2.05) is 31.1 Å². The molecule has 2 N–H and O–H groups in total. The smallest absolute Gasteiger partial charge is 0.356 e. The number of benzene rings is 1. The Labute approximate surface area is 107 Å². The SMILES string of the molecule is COC(=O)C(=NCCN(C)C)c1ccccc1N. The minimum Gasteiger partial charge on any atom is -0.464 e. The Morgan fingerprint density at radius 1 is 1.39 bits per heavy atom. The fourth-order valence-electron chi connectivity index (χ4n) is 1.43. The highest BCUT2D eigenvalue weighted by Gasteiger charge is 2.16. The highest BCUT2D eigenvalue weighted by Crippen LogP contribution is 2.12. The molecule has 1 aromatic rings. The molecule has 5 nitrogen and oxygen atoms in total. The molecule has 0 fully saturated rings. The minimum atomic E-state index is -0.466.